The van der Waals surface area contributed by atoms with Gasteiger partial charge in [-0.3, -0.25) is 14.4 Å². The number of hydrogen-bond acceptors (Lipinski definition) is 7. The molecular weight excluding hydrogens is 506 g/mol. The zero-order valence-electron chi connectivity index (χ0n) is 20.9. The molecule has 0 atom stereocenters. The van der Waals surface area contributed by atoms with Crippen LogP contribution < -0.4 is 22.1 Å². The SMILES string of the molecule is NC(=O)c1ccc2cccc(NC(=O)c3ccc4cccc(NC(=O)c5ccc6cccc(N)c6n5)c4n3)c2n1. The van der Waals surface area contributed by atoms with E-state index < -0.39 is 17.7 Å². The quantitative estimate of drug-likeness (QED) is 0.239. The Morgan fingerprint density at radius 1 is 0.525 bits per heavy atom. The highest BCUT2D eigenvalue weighted by atomic mass is 16.2. The van der Waals surface area contributed by atoms with Crippen LogP contribution in [0.15, 0.2) is 91.0 Å². The van der Waals surface area contributed by atoms with Gasteiger partial charge < -0.3 is 22.1 Å². The van der Waals surface area contributed by atoms with Crippen molar-refractivity contribution < 1.29 is 14.4 Å². The molecule has 3 aromatic carbocycles. The van der Waals surface area contributed by atoms with Crippen LogP contribution in [-0.4, -0.2) is 32.7 Å². The summed E-state index contributed by atoms with van der Waals surface area (Å²) in [5, 5.41) is 7.94. The Morgan fingerprint density at radius 2 is 0.950 bits per heavy atom. The number of aromatic nitrogens is 3. The number of pyridine rings is 3. The summed E-state index contributed by atoms with van der Waals surface area (Å²) < 4.78 is 0. The summed E-state index contributed by atoms with van der Waals surface area (Å²) in [6, 6.07) is 25.9. The topological polar surface area (TPSA) is 166 Å². The van der Waals surface area contributed by atoms with Crippen molar-refractivity contribution in [3.8, 4) is 0 Å². The minimum atomic E-state index is -0.670. The molecule has 3 aromatic heterocycles. The van der Waals surface area contributed by atoms with Gasteiger partial charge >= 0.3 is 0 Å². The summed E-state index contributed by atoms with van der Waals surface area (Å²) in [4.78, 5) is 51.2. The van der Waals surface area contributed by atoms with Gasteiger partial charge in [0.15, 0.2) is 0 Å². The van der Waals surface area contributed by atoms with Crippen LogP contribution >= 0.6 is 0 Å². The third-order valence-electron chi connectivity index (χ3n) is 6.41. The number of nitrogens with two attached hydrogens (primary N) is 2. The lowest BCUT2D eigenvalue weighted by Crippen LogP contribution is -2.16. The van der Waals surface area contributed by atoms with Crippen molar-refractivity contribution >= 4 is 67.5 Å². The van der Waals surface area contributed by atoms with Crippen molar-refractivity contribution in [3.05, 3.63) is 108 Å². The predicted octanol–water partition coefficient (Wildman–Crippen LogP) is 4.52. The zero-order valence-corrected chi connectivity index (χ0v) is 20.9. The summed E-state index contributed by atoms with van der Waals surface area (Å²) in [7, 11) is 0. The fraction of sp³-hybridized carbons (Fsp3) is 0. The van der Waals surface area contributed by atoms with Gasteiger partial charge in [-0.25, -0.2) is 15.0 Å². The summed E-state index contributed by atoms with van der Waals surface area (Å²) in [6.45, 7) is 0. The number of nitrogens with zero attached hydrogens (tertiary/aromatic N) is 3. The van der Waals surface area contributed by atoms with Gasteiger partial charge in [-0.1, -0.05) is 54.6 Å². The van der Waals surface area contributed by atoms with E-state index in [1.54, 1.807) is 60.7 Å². The van der Waals surface area contributed by atoms with Crippen LogP contribution in [0.3, 0.4) is 0 Å². The molecule has 0 bridgehead atoms. The van der Waals surface area contributed by atoms with Crippen molar-refractivity contribution in [1.29, 1.82) is 0 Å². The molecule has 0 aliphatic rings. The van der Waals surface area contributed by atoms with E-state index in [0.29, 0.717) is 33.6 Å². The highest BCUT2D eigenvalue weighted by Crippen LogP contribution is 2.26. The van der Waals surface area contributed by atoms with Gasteiger partial charge in [0.2, 0.25) is 0 Å². The highest BCUT2D eigenvalue weighted by Gasteiger charge is 2.16. The monoisotopic (exact) mass is 527 g/mol. The first-order valence-corrected chi connectivity index (χ1v) is 12.2. The summed E-state index contributed by atoms with van der Waals surface area (Å²) in [5.41, 5.74) is 14.5. The Balaban J connectivity index is 1.31. The Labute approximate surface area is 227 Å². The smallest absolute Gasteiger partial charge is 0.274 e. The van der Waals surface area contributed by atoms with Gasteiger partial charge in [-0.2, -0.15) is 0 Å². The highest BCUT2D eigenvalue weighted by molar-refractivity contribution is 6.11. The van der Waals surface area contributed by atoms with E-state index in [2.05, 4.69) is 25.6 Å². The van der Waals surface area contributed by atoms with Gasteiger partial charge in [-0.15, -0.1) is 0 Å². The van der Waals surface area contributed by atoms with Crippen molar-refractivity contribution in [2.75, 3.05) is 16.4 Å². The number of primary amides is 1. The van der Waals surface area contributed by atoms with E-state index in [1.165, 1.54) is 6.07 Å². The van der Waals surface area contributed by atoms with Crippen LogP contribution in [0.5, 0.6) is 0 Å². The molecule has 0 radical (unpaired) electrons. The van der Waals surface area contributed by atoms with Gasteiger partial charge in [0.05, 0.1) is 33.6 Å². The van der Waals surface area contributed by atoms with E-state index in [4.69, 9.17) is 11.5 Å². The maximum absolute atomic E-state index is 13.2. The Hall–Kier alpha value is -5.90. The van der Waals surface area contributed by atoms with Gasteiger partial charge in [0, 0.05) is 16.2 Å². The van der Waals surface area contributed by atoms with Crippen LogP contribution in [0.1, 0.15) is 31.5 Å². The zero-order chi connectivity index (χ0) is 27.8. The second kappa shape index (κ2) is 9.76. The van der Waals surface area contributed by atoms with E-state index in [0.717, 1.165) is 16.2 Å². The third-order valence-corrected chi connectivity index (χ3v) is 6.41. The first-order valence-electron chi connectivity index (χ1n) is 12.2. The molecular formula is C30H21N7O3. The molecule has 0 aliphatic heterocycles. The van der Waals surface area contributed by atoms with Crippen LogP contribution in [-0.2, 0) is 0 Å². The molecule has 10 heteroatoms. The second-order valence-corrected chi connectivity index (χ2v) is 9.04. The third kappa shape index (κ3) is 4.50. The predicted molar refractivity (Wildman–Crippen MR) is 154 cm³/mol. The number of nitrogens with one attached hydrogen (secondary N) is 2. The first-order chi connectivity index (χ1) is 19.4. The molecule has 194 valence electrons. The molecule has 10 nitrogen and oxygen atoms in total. The lowest BCUT2D eigenvalue weighted by Gasteiger charge is -2.11. The number of carbonyl (C=O) groups is 3. The van der Waals surface area contributed by atoms with Gasteiger partial charge in [0.1, 0.15) is 17.1 Å². The van der Waals surface area contributed by atoms with Crippen LogP contribution in [0.25, 0.3) is 32.7 Å². The minimum absolute atomic E-state index is 0.0852. The normalized spacial score (nSPS) is 11.0. The number of carbonyl (C=O) groups excluding carboxylic acids is 3. The van der Waals surface area contributed by atoms with Gasteiger partial charge in [-0.05, 0) is 36.4 Å². The summed E-state index contributed by atoms with van der Waals surface area (Å²) >= 11 is 0. The number of benzene rings is 3. The molecule has 3 amide bonds. The maximum atomic E-state index is 13.2. The van der Waals surface area contributed by atoms with Crippen molar-refractivity contribution in [2.24, 2.45) is 5.73 Å². The number of fused-ring (bicyclic) bond motifs is 3. The fourth-order valence-electron chi connectivity index (χ4n) is 4.43. The molecule has 6 aromatic rings. The van der Waals surface area contributed by atoms with E-state index >= 15 is 0 Å². The molecule has 6 N–H and O–H groups in total. The molecule has 0 aliphatic carbocycles. The average molecular weight is 528 g/mol. The minimum Gasteiger partial charge on any atom is -0.397 e. The molecule has 0 fully saturated rings. The van der Waals surface area contributed by atoms with Crippen LogP contribution in [0, 0.1) is 0 Å². The Kier molecular flexibility index (Phi) is 5.97. The van der Waals surface area contributed by atoms with Crippen molar-refractivity contribution in [3.63, 3.8) is 0 Å². The Bertz CT molecular complexity index is 2010. The summed E-state index contributed by atoms with van der Waals surface area (Å²) in [6.07, 6.45) is 0. The molecule has 0 saturated carbocycles. The van der Waals surface area contributed by atoms with E-state index in [9.17, 15) is 14.4 Å². The molecule has 0 spiro atoms. The molecule has 0 saturated heterocycles. The van der Waals surface area contributed by atoms with Crippen LogP contribution in [0.4, 0.5) is 17.1 Å². The van der Waals surface area contributed by atoms with Gasteiger partial charge in [0.25, 0.3) is 17.7 Å². The lowest BCUT2D eigenvalue weighted by molar-refractivity contribution is 0.0992. The number of hydrogen-bond donors (Lipinski definition) is 4. The number of anilines is 3. The molecule has 40 heavy (non-hydrogen) atoms. The number of nitrogen functional groups attached to an aromatic ring is 1. The molecule has 0 unspecified atom stereocenters. The molecule has 6 rings (SSSR count). The van der Waals surface area contributed by atoms with Crippen molar-refractivity contribution in [2.45, 2.75) is 0 Å². The van der Waals surface area contributed by atoms with Crippen molar-refractivity contribution in [1.82, 2.24) is 15.0 Å². The van der Waals surface area contributed by atoms with E-state index in [1.807, 2.05) is 24.3 Å². The number of rotatable bonds is 5. The Morgan fingerprint density at radius 3 is 1.48 bits per heavy atom. The fourth-order valence-corrected chi connectivity index (χ4v) is 4.43. The lowest BCUT2D eigenvalue weighted by atomic mass is 10.1. The maximum Gasteiger partial charge on any atom is 0.274 e. The number of para-hydroxylation sites is 3. The standard InChI is InChI=1S/C30H21N7O3/c31-19-7-1-4-16-11-14-23(34-25(16)19)29(39)37-21-9-3-6-18-12-15-24(35-27(18)21)30(40)36-20-8-2-5-17-10-13-22(28(32)38)33-26(17)20/h1-15H,31H2,(H2,32,38)(H,36,40)(H,37,39). The molecule has 3 heterocycles. The number of amides is 3. The largest absolute Gasteiger partial charge is 0.397 e. The van der Waals surface area contributed by atoms with Crippen LogP contribution in [0.2, 0.25) is 0 Å². The van der Waals surface area contributed by atoms with E-state index in [-0.39, 0.29) is 17.1 Å². The average Bonchev–Trinajstić information content (AvgIpc) is 2.97. The first kappa shape index (κ1) is 24.4. The summed E-state index contributed by atoms with van der Waals surface area (Å²) in [5.74, 6) is -1.61. The second-order valence-electron chi connectivity index (χ2n) is 9.04.